The number of benzene rings is 3. The number of phenolic OH excluding ortho intramolecular Hbond substituents is 2. The quantitative estimate of drug-likeness (QED) is 0.496. The molecule has 0 aliphatic rings. The molecule has 0 heterocycles. The van der Waals surface area contributed by atoms with Crippen LogP contribution in [0.1, 0.15) is 21.5 Å². The number of hydrazone groups is 1. The van der Waals surface area contributed by atoms with E-state index in [1.54, 1.807) is 24.3 Å². The molecule has 0 spiro atoms. The molecule has 3 rings (SSSR count). The number of aryl methyl sites for hydroxylation is 1. The molecule has 130 valence electrons. The zero-order valence-electron chi connectivity index (χ0n) is 14.2. The lowest BCUT2D eigenvalue weighted by atomic mass is 10.0. The zero-order valence-corrected chi connectivity index (χ0v) is 14.2. The largest absolute Gasteiger partial charge is 0.507 e. The molecule has 5 nitrogen and oxygen atoms in total. The van der Waals surface area contributed by atoms with E-state index in [1.165, 1.54) is 18.3 Å². The molecule has 0 bridgehead atoms. The van der Waals surface area contributed by atoms with Crippen molar-refractivity contribution in [2.75, 3.05) is 0 Å². The Kier molecular flexibility index (Phi) is 4.99. The Hall–Kier alpha value is -3.60. The van der Waals surface area contributed by atoms with Gasteiger partial charge in [-0.3, -0.25) is 4.79 Å². The Balaban J connectivity index is 1.79. The summed E-state index contributed by atoms with van der Waals surface area (Å²) in [4.78, 5) is 12.0. The lowest BCUT2D eigenvalue weighted by Crippen LogP contribution is -2.17. The summed E-state index contributed by atoms with van der Waals surface area (Å²) >= 11 is 0. The molecule has 0 aliphatic heterocycles. The van der Waals surface area contributed by atoms with Crippen LogP contribution in [0.15, 0.2) is 71.8 Å². The van der Waals surface area contributed by atoms with Crippen LogP contribution in [0.2, 0.25) is 0 Å². The number of rotatable bonds is 4. The Morgan fingerprint density at radius 3 is 2.46 bits per heavy atom. The summed E-state index contributed by atoms with van der Waals surface area (Å²) < 4.78 is 0. The number of carbonyl (C=O) groups is 1. The molecule has 0 aromatic heterocycles. The first kappa shape index (κ1) is 17.2. The van der Waals surface area contributed by atoms with Gasteiger partial charge in [0.1, 0.15) is 11.5 Å². The molecule has 0 saturated heterocycles. The minimum atomic E-state index is -0.534. The maximum absolute atomic E-state index is 12.0. The maximum atomic E-state index is 12.0. The number of hydrogen-bond acceptors (Lipinski definition) is 4. The Bertz CT molecular complexity index is 980. The van der Waals surface area contributed by atoms with Gasteiger partial charge in [0, 0.05) is 5.56 Å². The number of carbonyl (C=O) groups excluding carboxylic acids is 1. The molecule has 0 fully saturated rings. The molecule has 3 N–H and O–H groups in total. The van der Waals surface area contributed by atoms with Crippen LogP contribution >= 0.6 is 0 Å². The maximum Gasteiger partial charge on any atom is 0.275 e. The zero-order chi connectivity index (χ0) is 18.5. The first-order chi connectivity index (χ1) is 12.5. The van der Waals surface area contributed by atoms with Gasteiger partial charge in [-0.05, 0) is 42.3 Å². The Labute approximate surface area is 151 Å². The molecule has 1 amide bonds. The van der Waals surface area contributed by atoms with Gasteiger partial charge >= 0.3 is 0 Å². The van der Waals surface area contributed by atoms with Crippen molar-refractivity contribution in [2.24, 2.45) is 5.10 Å². The van der Waals surface area contributed by atoms with Crippen molar-refractivity contribution >= 4 is 12.1 Å². The van der Waals surface area contributed by atoms with Crippen molar-refractivity contribution in [3.05, 3.63) is 83.4 Å². The van der Waals surface area contributed by atoms with Gasteiger partial charge < -0.3 is 10.2 Å². The van der Waals surface area contributed by atoms with Gasteiger partial charge in [-0.15, -0.1) is 0 Å². The van der Waals surface area contributed by atoms with E-state index in [2.05, 4.69) is 10.5 Å². The van der Waals surface area contributed by atoms with Gasteiger partial charge in [0.15, 0.2) is 0 Å². The van der Waals surface area contributed by atoms with E-state index in [-0.39, 0.29) is 17.1 Å². The highest BCUT2D eigenvalue weighted by Crippen LogP contribution is 2.25. The standard InChI is InChI=1S/C21H18N2O3/c1-14-5-4-6-15(11-14)16-9-10-19(24)17(12-16)13-22-23-21(26)18-7-2-3-8-20(18)25/h2-13,24-25H,1H3,(H,23,26)/b22-13+. The second kappa shape index (κ2) is 7.53. The van der Waals surface area contributed by atoms with Crippen LogP contribution < -0.4 is 5.43 Å². The van der Waals surface area contributed by atoms with E-state index < -0.39 is 5.91 Å². The Morgan fingerprint density at radius 2 is 1.69 bits per heavy atom. The highest BCUT2D eigenvalue weighted by Gasteiger charge is 2.09. The summed E-state index contributed by atoms with van der Waals surface area (Å²) in [6.45, 7) is 2.01. The summed E-state index contributed by atoms with van der Waals surface area (Å²) in [6.07, 6.45) is 1.37. The summed E-state index contributed by atoms with van der Waals surface area (Å²) in [5.41, 5.74) is 6.04. The third-order valence-corrected chi connectivity index (χ3v) is 3.90. The van der Waals surface area contributed by atoms with Gasteiger partial charge in [-0.2, -0.15) is 5.10 Å². The second-order valence-electron chi connectivity index (χ2n) is 5.86. The molecule has 5 heteroatoms. The molecule has 3 aromatic carbocycles. The van der Waals surface area contributed by atoms with E-state index in [4.69, 9.17) is 0 Å². The van der Waals surface area contributed by atoms with Crippen LogP contribution in [0.4, 0.5) is 0 Å². The first-order valence-electron chi connectivity index (χ1n) is 8.06. The highest BCUT2D eigenvalue weighted by atomic mass is 16.3. The van der Waals surface area contributed by atoms with E-state index in [9.17, 15) is 15.0 Å². The summed E-state index contributed by atoms with van der Waals surface area (Å²) in [7, 11) is 0. The van der Waals surface area contributed by atoms with Crippen LogP contribution in [-0.4, -0.2) is 22.3 Å². The minimum Gasteiger partial charge on any atom is -0.507 e. The molecule has 0 saturated carbocycles. The van der Waals surface area contributed by atoms with E-state index >= 15 is 0 Å². The molecule has 0 aliphatic carbocycles. The summed E-state index contributed by atoms with van der Waals surface area (Å²) in [5.74, 6) is -0.597. The van der Waals surface area contributed by atoms with Crippen LogP contribution in [0, 0.1) is 6.92 Å². The number of para-hydroxylation sites is 1. The van der Waals surface area contributed by atoms with Crippen molar-refractivity contribution < 1.29 is 15.0 Å². The van der Waals surface area contributed by atoms with Crippen molar-refractivity contribution in [2.45, 2.75) is 6.92 Å². The van der Waals surface area contributed by atoms with Crippen molar-refractivity contribution in [3.8, 4) is 22.6 Å². The third-order valence-electron chi connectivity index (χ3n) is 3.90. The minimum absolute atomic E-state index is 0.0574. The molecular formula is C21H18N2O3. The number of nitrogens with one attached hydrogen (secondary N) is 1. The van der Waals surface area contributed by atoms with Crippen LogP contribution in [0.5, 0.6) is 11.5 Å². The molecular weight excluding hydrogens is 328 g/mol. The van der Waals surface area contributed by atoms with Gasteiger partial charge in [0.05, 0.1) is 11.8 Å². The van der Waals surface area contributed by atoms with E-state index in [1.807, 2.05) is 37.3 Å². The third kappa shape index (κ3) is 3.89. The van der Waals surface area contributed by atoms with Crippen molar-refractivity contribution in [3.63, 3.8) is 0 Å². The lowest BCUT2D eigenvalue weighted by Gasteiger charge is -2.06. The smallest absolute Gasteiger partial charge is 0.275 e. The monoisotopic (exact) mass is 346 g/mol. The predicted octanol–water partition coefficient (Wildman–Crippen LogP) is 3.84. The normalized spacial score (nSPS) is 10.8. The van der Waals surface area contributed by atoms with Crippen LogP contribution in [0.3, 0.4) is 0 Å². The molecule has 3 aromatic rings. The van der Waals surface area contributed by atoms with Gasteiger partial charge in [0.2, 0.25) is 0 Å². The average molecular weight is 346 g/mol. The molecule has 26 heavy (non-hydrogen) atoms. The summed E-state index contributed by atoms with van der Waals surface area (Å²) in [5, 5.41) is 23.6. The van der Waals surface area contributed by atoms with Gasteiger partial charge in [-0.1, -0.05) is 48.0 Å². The van der Waals surface area contributed by atoms with Crippen LogP contribution in [0.25, 0.3) is 11.1 Å². The first-order valence-corrected chi connectivity index (χ1v) is 8.06. The van der Waals surface area contributed by atoms with E-state index in [0.29, 0.717) is 5.56 Å². The fraction of sp³-hybridized carbons (Fsp3) is 0.0476. The topological polar surface area (TPSA) is 81.9 Å². The fourth-order valence-corrected chi connectivity index (χ4v) is 2.55. The average Bonchev–Trinajstić information content (AvgIpc) is 2.63. The summed E-state index contributed by atoms with van der Waals surface area (Å²) in [6, 6.07) is 19.4. The second-order valence-corrected chi connectivity index (χ2v) is 5.86. The number of phenols is 2. The van der Waals surface area contributed by atoms with Crippen molar-refractivity contribution in [1.29, 1.82) is 0 Å². The predicted molar refractivity (Wildman–Crippen MR) is 101 cm³/mol. The van der Waals surface area contributed by atoms with Crippen molar-refractivity contribution in [1.82, 2.24) is 5.43 Å². The number of aromatic hydroxyl groups is 2. The van der Waals surface area contributed by atoms with E-state index in [0.717, 1.165) is 16.7 Å². The number of amides is 1. The number of nitrogens with zero attached hydrogens (tertiary/aromatic N) is 1. The van der Waals surface area contributed by atoms with Gasteiger partial charge in [-0.25, -0.2) is 5.43 Å². The molecule has 0 unspecified atom stereocenters. The fourth-order valence-electron chi connectivity index (χ4n) is 2.55. The molecule has 0 atom stereocenters. The lowest BCUT2D eigenvalue weighted by molar-refractivity contribution is 0.0952. The SMILES string of the molecule is Cc1cccc(-c2ccc(O)c(/C=N/NC(=O)c3ccccc3O)c2)c1. The van der Waals surface area contributed by atoms with Gasteiger partial charge in [0.25, 0.3) is 5.91 Å². The molecule has 0 radical (unpaired) electrons. The Morgan fingerprint density at radius 1 is 0.923 bits per heavy atom. The number of hydrogen-bond donors (Lipinski definition) is 3. The van der Waals surface area contributed by atoms with Crippen LogP contribution in [-0.2, 0) is 0 Å². The highest BCUT2D eigenvalue weighted by molar-refractivity contribution is 5.97.